The maximum absolute atomic E-state index is 12.1. The van der Waals surface area contributed by atoms with E-state index in [2.05, 4.69) is 38.0 Å². The molecule has 0 aliphatic rings. The van der Waals surface area contributed by atoms with Crippen LogP contribution >= 0.6 is 0 Å². The first kappa shape index (κ1) is 18.4. The predicted octanol–water partition coefficient (Wildman–Crippen LogP) is 2.28. The zero-order valence-corrected chi connectivity index (χ0v) is 13.7. The number of carbonyl (C=O) groups is 1. The first-order chi connectivity index (χ1) is 8.76. The van der Waals surface area contributed by atoms with E-state index in [-0.39, 0.29) is 5.97 Å². The Hall–Kier alpha value is -0.610. The van der Waals surface area contributed by atoms with Crippen LogP contribution in [0.15, 0.2) is 0 Å². The first-order valence-corrected chi connectivity index (χ1v) is 7.39. The van der Waals surface area contributed by atoms with Crippen molar-refractivity contribution in [3.8, 4) is 0 Å². The number of esters is 1. The molecule has 0 saturated heterocycles. The minimum atomic E-state index is -0.634. The molecule has 0 aromatic rings. The second-order valence-electron chi connectivity index (χ2n) is 5.98. The van der Waals surface area contributed by atoms with Gasteiger partial charge in [0.15, 0.2) is 0 Å². The first-order valence-electron chi connectivity index (χ1n) is 7.39. The molecule has 114 valence electrons. The van der Waals surface area contributed by atoms with Gasteiger partial charge < -0.3 is 15.0 Å². The Morgan fingerprint density at radius 2 is 1.89 bits per heavy atom. The molecule has 0 amide bonds. The smallest absolute Gasteiger partial charge is 0.327 e. The molecule has 0 aliphatic heterocycles. The number of carbonyl (C=O) groups excluding carboxylic acids is 1. The molecule has 2 unspecified atom stereocenters. The number of hydrogen-bond acceptors (Lipinski definition) is 4. The molecule has 0 heterocycles. The molecule has 0 aliphatic carbocycles. The maximum Gasteiger partial charge on any atom is 0.327 e. The lowest BCUT2D eigenvalue weighted by molar-refractivity contribution is -0.151. The van der Waals surface area contributed by atoms with Gasteiger partial charge in [-0.15, -0.1) is 0 Å². The highest BCUT2D eigenvalue weighted by Crippen LogP contribution is 2.15. The van der Waals surface area contributed by atoms with E-state index in [4.69, 9.17) is 4.74 Å². The number of ether oxygens (including phenoxy) is 1. The van der Waals surface area contributed by atoms with Crippen molar-refractivity contribution in [2.45, 2.75) is 59.5 Å². The Morgan fingerprint density at radius 3 is 2.32 bits per heavy atom. The average Bonchev–Trinajstić information content (AvgIpc) is 2.28. The largest absolute Gasteiger partial charge is 0.465 e. The zero-order valence-electron chi connectivity index (χ0n) is 13.7. The molecular formula is C15H32N2O2. The Labute approximate surface area is 118 Å². The van der Waals surface area contributed by atoms with Gasteiger partial charge in [0.25, 0.3) is 0 Å². The molecule has 0 radical (unpaired) electrons. The van der Waals surface area contributed by atoms with Gasteiger partial charge in [0.2, 0.25) is 0 Å². The van der Waals surface area contributed by atoms with Gasteiger partial charge in [0.05, 0.1) is 6.61 Å². The summed E-state index contributed by atoms with van der Waals surface area (Å²) in [6.07, 6.45) is 1.13. The van der Waals surface area contributed by atoms with Crippen LogP contribution in [0.4, 0.5) is 0 Å². The molecule has 0 aromatic heterocycles. The lowest BCUT2D eigenvalue weighted by Crippen LogP contribution is -2.58. The van der Waals surface area contributed by atoms with Gasteiger partial charge in [-0.1, -0.05) is 20.8 Å². The van der Waals surface area contributed by atoms with Crippen molar-refractivity contribution in [3.05, 3.63) is 0 Å². The van der Waals surface area contributed by atoms with Crippen molar-refractivity contribution in [1.82, 2.24) is 10.2 Å². The van der Waals surface area contributed by atoms with Crippen molar-refractivity contribution < 1.29 is 9.53 Å². The Morgan fingerprint density at radius 1 is 1.32 bits per heavy atom. The van der Waals surface area contributed by atoms with Crippen molar-refractivity contribution >= 4 is 5.97 Å². The quantitative estimate of drug-likeness (QED) is 0.654. The number of hydrogen-bond donors (Lipinski definition) is 1. The van der Waals surface area contributed by atoms with Gasteiger partial charge in [0, 0.05) is 12.6 Å². The minimum Gasteiger partial charge on any atom is -0.465 e. The van der Waals surface area contributed by atoms with E-state index in [1.54, 1.807) is 0 Å². The van der Waals surface area contributed by atoms with Gasteiger partial charge in [-0.25, -0.2) is 0 Å². The number of likely N-dealkylation sites (N-methyl/N-ethyl adjacent to an activating group) is 2. The number of nitrogens with zero attached hydrogens (tertiary/aromatic N) is 1. The van der Waals surface area contributed by atoms with E-state index in [9.17, 15) is 4.79 Å². The minimum absolute atomic E-state index is 0.166. The zero-order chi connectivity index (χ0) is 15.1. The fourth-order valence-electron chi connectivity index (χ4n) is 2.39. The normalized spacial score (nSPS) is 16.5. The Bertz CT molecular complexity index is 269. The average molecular weight is 272 g/mol. The fraction of sp³-hybridized carbons (Fsp3) is 0.933. The summed E-state index contributed by atoms with van der Waals surface area (Å²) < 4.78 is 5.19. The monoisotopic (exact) mass is 272 g/mol. The van der Waals surface area contributed by atoms with Crippen LogP contribution in [0, 0.1) is 5.92 Å². The fourth-order valence-corrected chi connectivity index (χ4v) is 2.39. The highest BCUT2D eigenvalue weighted by Gasteiger charge is 2.35. The molecule has 0 saturated carbocycles. The standard InChI is InChI=1S/C15H32N2O2/c1-8-16-15(6,14(18)19-9-2)11-17(7)13(5)10-12(3)4/h12-13,16H,8-11H2,1-7H3. The van der Waals surface area contributed by atoms with Crippen LogP contribution in [-0.2, 0) is 9.53 Å². The lowest BCUT2D eigenvalue weighted by Gasteiger charge is -2.35. The summed E-state index contributed by atoms with van der Waals surface area (Å²) in [6, 6.07) is 0.451. The molecule has 0 spiro atoms. The number of rotatable bonds is 9. The molecule has 4 nitrogen and oxygen atoms in total. The van der Waals surface area contributed by atoms with Gasteiger partial charge >= 0.3 is 5.97 Å². The van der Waals surface area contributed by atoms with Gasteiger partial charge in [-0.05, 0) is 46.7 Å². The molecule has 0 fully saturated rings. The topological polar surface area (TPSA) is 41.6 Å². The van der Waals surface area contributed by atoms with Crippen molar-refractivity contribution in [3.63, 3.8) is 0 Å². The van der Waals surface area contributed by atoms with Crippen LogP contribution in [0.5, 0.6) is 0 Å². The molecular weight excluding hydrogens is 240 g/mol. The van der Waals surface area contributed by atoms with Crippen LogP contribution in [0.2, 0.25) is 0 Å². The van der Waals surface area contributed by atoms with E-state index in [1.165, 1.54) is 0 Å². The van der Waals surface area contributed by atoms with E-state index >= 15 is 0 Å². The summed E-state index contributed by atoms with van der Waals surface area (Å²) in [5.41, 5.74) is -0.634. The summed E-state index contributed by atoms with van der Waals surface area (Å²) in [7, 11) is 2.07. The third kappa shape index (κ3) is 6.39. The van der Waals surface area contributed by atoms with E-state index < -0.39 is 5.54 Å². The summed E-state index contributed by atoms with van der Waals surface area (Å²) in [6.45, 7) is 14.3. The molecule has 1 N–H and O–H groups in total. The summed E-state index contributed by atoms with van der Waals surface area (Å²) >= 11 is 0. The van der Waals surface area contributed by atoms with Gasteiger partial charge in [-0.3, -0.25) is 4.79 Å². The van der Waals surface area contributed by atoms with Crippen LogP contribution in [0.1, 0.15) is 48.0 Å². The van der Waals surface area contributed by atoms with Crippen molar-refractivity contribution in [1.29, 1.82) is 0 Å². The van der Waals surface area contributed by atoms with Gasteiger partial charge in [-0.2, -0.15) is 0 Å². The van der Waals surface area contributed by atoms with E-state index in [0.29, 0.717) is 25.1 Å². The molecule has 2 atom stereocenters. The highest BCUT2D eigenvalue weighted by molar-refractivity contribution is 5.80. The van der Waals surface area contributed by atoms with Crippen LogP contribution in [0.25, 0.3) is 0 Å². The lowest BCUT2D eigenvalue weighted by atomic mass is 9.98. The van der Waals surface area contributed by atoms with Crippen LogP contribution in [-0.4, -0.2) is 49.2 Å². The summed E-state index contributed by atoms with van der Waals surface area (Å²) in [4.78, 5) is 14.4. The van der Waals surface area contributed by atoms with Gasteiger partial charge in [0.1, 0.15) is 5.54 Å². The molecule has 0 bridgehead atoms. The third-order valence-electron chi connectivity index (χ3n) is 3.42. The third-order valence-corrected chi connectivity index (χ3v) is 3.42. The summed E-state index contributed by atoms with van der Waals surface area (Å²) in [5.74, 6) is 0.492. The van der Waals surface area contributed by atoms with Crippen molar-refractivity contribution in [2.24, 2.45) is 5.92 Å². The van der Waals surface area contributed by atoms with E-state index in [0.717, 1.165) is 13.0 Å². The molecule has 19 heavy (non-hydrogen) atoms. The predicted molar refractivity (Wildman–Crippen MR) is 80.3 cm³/mol. The Balaban J connectivity index is 4.68. The SMILES string of the molecule is CCNC(C)(CN(C)C(C)CC(C)C)C(=O)OCC. The van der Waals surface area contributed by atoms with Crippen LogP contribution < -0.4 is 5.32 Å². The summed E-state index contributed by atoms with van der Waals surface area (Å²) in [5, 5.41) is 3.27. The number of nitrogens with one attached hydrogen (secondary N) is 1. The maximum atomic E-state index is 12.1. The highest BCUT2D eigenvalue weighted by atomic mass is 16.5. The van der Waals surface area contributed by atoms with E-state index in [1.807, 2.05) is 20.8 Å². The van der Waals surface area contributed by atoms with Crippen molar-refractivity contribution in [2.75, 3.05) is 26.7 Å². The molecule has 0 rings (SSSR count). The molecule has 0 aromatic carbocycles. The second-order valence-corrected chi connectivity index (χ2v) is 5.98. The Kier molecular flexibility index (Phi) is 8.26. The van der Waals surface area contributed by atoms with Crippen LogP contribution in [0.3, 0.4) is 0 Å². The molecule has 4 heteroatoms. The second kappa shape index (κ2) is 8.54.